The number of ether oxygens (including phenoxy) is 1. The third-order valence-corrected chi connectivity index (χ3v) is 4.25. The Hall–Kier alpha value is -3.15. The molecule has 2 aliphatic rings. The summed E-state index contributed by atoms with van der Waals surface area (Å²) in [6.45, 7) is 0.987. The van der Waals surface area contributed by atoms with Crippen molar-refractivity contribution >= 4 is 28.9 Å². The average molecular weight is 335 g/mol. The minimum absolute atomic E-state index is 0.0690. The molecule has 0 saturated carbocycles. The second-order valence-corrected chi connectivity index (χ2v) is 5.91. The van der Waals surface area contributed by atoms with E-state index in [0.29, 0.717) is 42.9 Å². The first-order valence-corrected chi connectivity index (χ1v) is 8.23. The van der Waals surface area contributed by atoms with Crippen LogP contribution in [0.4, 0.5) is 11.4 Å². The van der Waals surface area contributed by atoms with Gasteiger partial charge in [0.15, 0.2) is 0 Å². The molecule has 2 N–H and O–H groups in total. The van der Waals surface area contributed by atoms with Crippen LogP contribution in [-0.2, 0) is 4.79 Å². The highest BCUT2D eigenvalue weighted by Gasteiger charge is 2.21. The summed E-state index contributed by atoms with van der Waals surface area (Å²) in [7, 11) is 0. The summed E-state index contributed by atoms with van der Waals surface area (Å²) in [6, 6.07) is 12.8. The van der Waals surface area contributed by atoms with E-state index >= 15 is 0 Å². The molecule has 0 saturated heterocycles. The number of nitrogens with zero attached hydrogens (tertiary/aromatic N) is 1. The average Bonchev–Trinajstić information content (AvgIpc) is 2.82. The third-order valence-electron chi connectivity index (χ3n) is 4.25. The topological polar surface area (TPSA) is 79.8 Å². The van der Waals surface area contributed by atoms with E-state index in [-0.39, 0.29) is 11.8 Å². The first kappa shape index (κ1) is 15.4. The van der Waals surface area contributed by atoms with Crippen LogP contribution in [0, 0.1) is 0 Å². The summed E-state index contributed by atoms with van der Waals surface area (Å²) < 4.78 is 5.61. The number of aliphatic imine (C=N–C) groups is 1. The van der Waals surface area contributed by atoms with Gasteiger partial charge in [-0.2, -0.15) is 0 Å². The molecule has 0 aromatic heterocycles. The van der Waals surface area contributed by atoms with E-state index in [2.05, 4.69) is 15.6 Å². The van der Waals surface area contributed by atoms with Gasteiger partial charge in [-0.1, -0.05) is 18.2 Å². The Morgan fingerprint density at radius 3 is 2.88 bits per heavy atom. The monoisotopic (exact) mass is 335 g/mol. The molecule has 0 aliphatic carbocycles. The molecule has 126 valence electrons. The van der Waals surface area contributed by atoms with Crippen LogP contribution in [0.3, 0.4) is 0 Å². The molecule has 0 spiro atoms. The van der Waals surface area contributed by atoms with E-state index in [0.717, 1.165) is 17.0 Å². The standard InChI is InChI=1S/C19H17N3O3/c23-17-8-10-20-18-13(5-3-6-15(18)21-17)19(24)22-14-9-11-25-16-7-2-1-4-12(14)16/h1-7,20H,8-11H2,(H,21,23)/b22-14+. The first-order valence-electron chi connectivity index (χ1n) is 8.23. The quantitative estimate of drug-likeness (QED) is 0.840. The molecule has 0 radical (unpaired) electrons. The molecular weight excluding hydrogens is 318 g/mol. The van der Waals surface area contributed by atoms with Gasteiger partial charge >= 0.3 is 0 Å². The number of anilines is 2. The zero-order valence-electron chi connectivity index (χ0n) is 13.5. The Morgan fingerprint density at radius 1 is 1.08 bits per heavy atom. The summed E-state index contributed by atoms with van der Waals surface area (Å²) in [5, 5.41) is 5.98. The number of rotatable bonds is 1. The van der Waals surface area contributed by atoms with Crippen LogP contribution in [0.15, 0.2) is 47.5 Å². The first-order chi connectivity index (χ1) is 12.2. The van der Waals surface area contributed by atoms with Crippen LogP contribution < -0.4 is 15.4 Å². The molecule has 0 bridgehead atoms. The van der Waals surface area contributed by atoms with Crippen molar-refractivity contribution in [2.45, 2.75) is 12.8 Å². The predicted octanol–water partition coefficient (Wildman–Crippen LogP) is 2.85. The fourth-order valence-corrected chi connectivity index (χ4v) is 3.06. The van der Waals surface area contributed by atoms with Crippen molar-refractivity contribution in [3.8, 4) is 5.75 Å². The molecule has 4 rings (SSSR count). The molecule has 6 nitrogen and oxygen atoms in total. The van der Waals surface area contributed by atoms with E-state index in [1.165, 1.54) is 0 Å². The number of fused-ring (bicyclic) bond motifs is 2. The van der Waals surface area contributed by atoms with Crippen molar-refractivity contribution < 1.29 is 14.3 Å². The number of carbonyl (C=O) groups is 2. The predicted molar refractivity (Wildman–Crippen MR) is 95.6 cm³/mol. The van der Waals surface area contributed by atoms with E-state index in [1.807, 2.05) is 24.3 Å². The van der Waals surface area contributed by atoms with Crippen molar-refractivity contribution in [2.75, 3.05) is 23.8 Å². The summed E-state index contributed by atoms with van der Waals surface area (Å²) in [5.41, 5.74) is 3.27. The van der Waals surface area contributed by atoms with Crippen LogP contribution in [0.5, 0.6) is 5.75 Å². The summed E-state index contributed by atoms with van der Waals surface area (Å²) >= 11 is 0. The van der Waals surface area contributed by atoms with E-state index < -0.39 is 0 Å². The van der Waals surface area contributed by atoms with Crippen LogP contribution in [-0.4, -0.2) is 30.7 Å². The maximum absolute atomic E-state index is 12.8. The van der Waals surface area contributed by atoms with E-state index in [1.54, 1.807) is 18.2 Å². The highest BCUT2D eigenvalue weighted by Crippen LogP contribution is 2.30. The molecule has 2 aliphatic heterocycles. The Morgan fingerprint density at radius 2 is 1.96 bits per heavy atom. The number of hydrogen-bond donors (Lipinski definition) is 2. The van der Waals surface area contributed by atoms with Gasteiger partial charge < -0.3 is 15.4 Å². The smallest absolute Gasteiger partial charge is 0.279 e. The SMILES string of the molecule is O=C1CCNc2c(cccc2C(=O)/N=C2\CCOc3ccccc32)N1. The summed E-state index contributed by atoms with van der Waals surface area (Å²) in [6.07, 6.45) is 0.948. The van der Waals surface area contributed by atoms with Crippen molar-refractivity contribution in [2.24, 2.45) is 4.99 Å². The van der Waals surface area contributed by atoms with Gasteiger partial charge in [-0.05, 0) is 24.3 Å². The molecule has 2 aromatic rings. The highest BCUT2D eigenvalue weighted by molar-refractivity contribution is 6.14. The van der Waals surface area contributed by atoms with Crippen molar-refractivity contribution in [3.63, 3.8) is 0 Å². The Balaban J connectivity index is 1.72. The van der Waals surface area contributed by atoms with Gasteiger partial charge in [-0.3, -0.25) is 9.59 Å². The largest absolute Gasteiger partial charge is 0.492 e. The highest BCUT2D eigenvalue weighted by atomic mass is 16.5. The van der Waals surface area contributed by atoms with Gasteiger partial charge in [0.25, 0.3) is 5.91 Å². The van der Waals surface area contributed by atoms with Gasteiger partial charge in [0.2, 0.25) is 5.91 Å². The zero-order valence-corrected chi connectivity index (χ0v) is 13.5. The van der Waals surface area contributed by atoms with Gasteiger partial charge in [0, 0.05) is 24.9 Å². The molecule has 0 fully saturated rings. The maximum atomic E-state index is 12.8. The van der Waals surface area contributed by atoms with Crippen LogP contribution in [0.25, 0.3) is 0 Å². The lowest BCUT2D eigenvalue weighted by atomic mass is 10.0. The van der Waals surface area contributed by atoms with E-state index in [9.17, 15) is 9.59 Å². The third kappa shape index (κ3) is 2.98. The van der Waals surface area contributed by atoms with Gasteiger partial charge in [-0.25, -0.2) is 4.99 Å². The lowest BCUT2D eigenvalue weighted by Crippen LogP contribution is -2.18. The Bertz CT molecular complexity index is 889. The lowest BCUT2D eigenvalue weighted by molar-refractivity contribution is -0.115. The number of amides is 2. The maximum Gasteiger partial charge on any atom is 0.279 e. The van der Waals surface area contributed by atoms with Crippen LogP contribution >= 0.6 is 0 Å². The number of nitrogens with one attached hydrogen (secondary N) is 2. The second-order valence-electron chi connectivity index (χ2n) is 5.91. The minimum atomic E-state index is -0.327. The molecule has 2 amide bonds. The second kappa shape index (κ2) is 6.39. The molecule has 25 heavy (non-hydrogen) atoms. The molecule has 6 heteroatoms. The number of hydrogen-bond acceptors (Lipinski definition) is 4. The van der Waals surface area contributed by atoms with Gasteiger partial charge in [0.05, 0.1) is 29.3 Å². The van der Waals surface area contributed by atoms with Crippen molar-refractivity contribution in [3.05, 3.63) is 53.6 Å². The van der Waals surface area contributed by atoms with Crippen molar-refractivity contribution in [1.29, 1.82) is 0 Å². The zero-order chi connectivity index (χ0) is 17.2. The normalized spacial score (nSPS) is 17.4. The molecule has 2 heterocycles. The van der Waals surface area contributed by atoms with Gasteiger partial charge in [0.1, 0.15) is 5.75 Å². The number of benzene rings is 2. The summed E-state index contributed by atoms with van der Waals surface area (Å²) in [5.74, 6) is 0.352. The van der Waals surface area contributed by atoms with Crippen LogP contribution in [0.1, 0.15) is 28.8 Å². The molecule has 0 atom stereocenters. The number of para-hydroxylation sites is 2. The fraction of sp³-hybridized carbons (Fsp3) is 0.211. The Labute approximate surface area is 144 Å². The van der Waals surface area contributed by atoms with E-state index in [4.69, 9.17) is 4.74 Å². The van der Waals surface area contributed by atoms with Crippen molar-refractivity contribution in [1.82, 2.24) is 0 Å². The molecular formula is C19H17N3O3. The Kier molecular flexibility index (Phi) is 3.93. The lowest BCUT2D eigenvalue weighted by Gasteiger charge is -2.19. The minimum Gasteiger partial charge on any atom is -0.492 e. The number of carbonyl (C=O) groups excluding carboxylic acids is 2. The summed E-state index contributed by atoms with van der Waals surface area (Å²) in [4.78, 5) is 28.9. The molecule has 2 aromatic carbocycles. The van der Waals surface area contributed by atoms with Crippen LogP contribution in [0.2, 0.25) is 0 Å². The molecule has 0 unspecified atom stereocenters. The fourth-order valence-electron chi connectivity index (χ4n) is 3.06. The van der Waals surface area contributed by atoms with Gasteiger partial charge in [-0.15, -0.1) is 0 Å².